The number of benzene rings is 1. The molecule has 2 aliphatic heterocycles. The number of thiazole rings is 1. The van der Waals surface area contributed by atoms with Gasteiger partial charge in [0.2, 0.25) is 5.91 Å². The molecule has 1 amide bonds. The van der Waals surface area contributed by atoms with Gasteiger partial charge in [-0.1, -0.05) is 12.1 Å². The zero-order valence-electron chi connectivity index (χ0n) is 14.9. The Bertz CT molecular complexity index is 749. The Hall–Kier alpha value is -1.79. The van der Waals surface area contributed by atoms with Crippen molar-refractivity contribution in [2.45, 2.75) is 50.7 Å². The highest BCUT2D eigenvalue weighted by Gasteiger charge is 2.45. The van der Waals surface area contributed by atoms with Crippen LogP contribution >= 0.6 is 11.3 Å². The van der Waals surface area contributed by atoms with Crippen molar-refractivity contribution in [1.29, 1.82) is 0 Å². The quantitative estimate of drug-likeness (QED) is 0.817. The minimum atomic E-state index is -0.233. The summed E-state index contributed by atoms with van der Waals surface area (Å²) in [4.78, 5) is 21.5. The number of amides is 1. The predicted molar refractivity (Wildman–Crippen MR) is 100 cm³/mol. The van der Waals surface area contributed by atoms with Crippen molar-refractivity contribution in [2.75, 3.05) is 13.1 Å². The number of hydrogen-bond donors (Lipinski definition) is 0. The van der Waals surface area contributed by atoms with E-state index in [4.69, 9.17) is 0 Å². The van der Waals surface area contributed by atoms with E-state index in [9.17, 15) is 9.18 Å². The van der Waals surface area contributed by atoms with Crippen LogP contribution in [0.5, 0.6) is 0 Å². The lowest BCUT2D eigenvalue weighted by molar-refractivity contribution is -0.132. The summed E-state index contributed by atoms with van der Waals surface area (Å²) < 4.78 is 13.2. The fourth-order valence-electron chi connectivity index (χ4n) is 4.34. The Morgan fingerprint density at radius 3 is 2.73 bits per heavy atom. The van der Waals surface area contributed by atoms with E-state index in [1.807, 2.05) is 11.6 Å². The molecule has 1 aromatic carbocycles. The van der Waals surface area contributed by atoms with E-state index >= 15 is 0 Å². The molecule has 0 saturated carbocycles. The van der Waals surface area contributed by atoms with Gasteiger partial charge in [-0.05, 0) is 49.9 Å². The largest absolute Gasteiger partial charge is 0.333 e. The zero-order chi connectivity index (χ0) is 18.0. The highest BCUT2D eigenvalue weighted by Crippen LogP contribution is 2.40. The van der Waals surface area contributed by atoms with Crippen LogP contribution in [-0.4, -0.2) is 39.3 Å². The standard InChI is InChI=1S/C20H24FN3OS/c21-17-4-2-16(3-5-17)14-24-19(25)6-8-20(24)7-1-11-23(12-9-20)15-18-22-10-13-26-18/h2-5,10,13H,1,6-9,11-12,14-15H2. The molecular weight excluding hydrogens is 349 g/mol. The summed E-state index contributed by atoms with van der Waals surface area (Å²) >= 11 is 1.70. The molecule has 1 atom stereocenters. The van der Waals surface area contributed by atoms with Gasteiger partial charge in [-0.2, -0.15) is 0 Å². The first-order valence-corrected chi connectivity index (χ1v) is 10.2. The molecule has 1 aromatic heterocycles. The monoisotopic (exact) mass is 373 g/mol. The van der Waals surface area contributed by atoms with Crippen molar-refractivity contribution in [3.05, 3.63) is 52.2 Å². The van der Waals surface area contributed by atoms with Gasteiger partial charge in [0, 0.05) is 36.6 Å². The number of nitrogens with zero attached hydrogens (tertiary/aromatic N) is 3. The highest BCUT2D eigenvalue weighted by molar-refractivity contribution is 7.09. The zero-order valence-corrected chi connectivity index (χ0v) is 15.7. The Balaban J connectivity index is 1.46. The van der Waals surface area contributed by atoms with Crippen LogP contribution in [0.25, 0.3) is 0 Å². The van der Waals surface area contributed by atoms with E-state index < -0.39 is 0 Å². The van der Waals surface area contributed by atoms with Gasteiger partial charge in [0.05, 0.1) is 6.54 Å². The van der Waals surface area contributed by atoms with Crippen molar-refractivity contribution in [2.24, 2.45) is 0 Å². The maximum Gasteiger partial charge on any atom is 0.223 e. The molecule has 0 aliphatic carbocycles. The topological polar surface area (TPSA) is 36.4 Å². The first kappa shape index (κ1) is 17.6. The van der Waals surface area contributed by atoms with E-state index in [-0.39, 0.29) is 17.3 Å². The Kier molecular flexibility index (Phi) is 5.05. The average molecular weight is 373 g/mol. The second-order valence-corrected chi connectivity index (χ2v) is 8.37. The first-order chi connectivity index (χ1) is 12.6. The van der Waals surface area contributed by atoms with Crippen molar-refractivity contribution < 1.29 is 9.18 Å². The second-order valence-electron chi connectivity index (χ2n) is 7.39. The lowest BCUT2D eigenvalue weighted by atomic mass is 9.87. The number of likely N-dealkylation sites (tertiary alicyclic amines) is 2. The molecule has 1 unspecified atom stereocenters. The summed E-state index contributed by atoms with van der Waals surface area (Å²) in [7, 11) is 0. The maximum absolute atomic E-state index is 13.2. The van der Waals surface area contributed by atoms with Gasteiger partial charge < -0.3 is 4.90 Å². The molecule has 2 aliphatic rings. The smallest absolute Gasteiger partial charge is 0.223 e. The van der Waals surface area contributed by atoms with E-state index in [2.05, 4.69) is 14.8 Å². The van der Waals surface area contributed by atoms with Gasteiger partial charge in [0.15, 0.2) is 0 Å². The molecule has 26 heavy (non-hydrogen) atoms. The number of carbonyl (C=O) groups is 1. The molecule has 0 N–H and O–H groups in total. The predicted octanol–water partition coefficient (Wildman–Crippen LogP) is 3.83. The van der Waals surface area contributed by atoms with Gasteiger partial charge in [-0.15, -0.1) is 11.3 Å². The molecule has 6 heteroatoms. The minimum absolute atomic E-state index is 0.0386. The van der Waals surface area contributed by atoms with E-state index in [1.54, 1.807) is 23.5 Å². The highest BCUT2D eigenvalue weighted by atomic mass is 32.1. The van der Waals surface area contributed by atoms with Gasteiger partial charge in [-0.3, -0.25) is 9.69 Å². The molecule has 138 valence electrons. The molecule has 0 bridgehead atoms. The van der Waals surface area contributed by atoms with Crippen LogP contribution in [0.2, 0.25) is 0 Å². The summed E-state index contributed by atoms with van der Waals surface area (Å²) in [5.74, 6) is 0.00575. The lowest BCUT2D eigenvalue weighted by Gasteiger charge is -2.38. The van der Waals surface area contributed by atoms with Gasteiger partial charge in [-0.25, -0.2) is 9.37 Å². The lowest BCUT2D eigenvalue weighted by Crippen LogP contribution is -2.45. The van der Waals surface area contributed by atoms with Crippen LogP contribution in [0.4, 0.5) is 4.39 Å². The Morgan fingerprint density at radius 1 is 1.12 bits per heavy atom. The van der Waals surface area contributed by atoms with E-state index in [0.717, 1.165) is 55.9 Å². The SMILES string of the molecule is O=C1CCC2(CCCN(Cc3nccs3)CC2)N1Cc1ccc(F)cc1. The van der Waals surface area contributed by atoms with Crippen LogP contribution < -0.4 is 0 Å². The van der Waals surface area contributed by atoms with E-state index in [0.29, 0.717) is 13.0 Å². The van der Waals surface area contributed by atoms with Crippen LogP contribution in [0, 0.1) is 5.82 Å². The first-order valence-electron chi connectivity index (χ1n) is 9.30. The molecule has 4 nitrogen and oxygen atoms in total. The molecule has 4 rings (SSSR count). The molecule has 3 heterocycles. The molecule has 0 radical (unpaired) electrons. The number of carbonyl (C=O) groups excluding carboxylic acids is 1. The van der Waals surface area contributed by atoms with Gasteiger partial charge in [0.25, 0.3) is 0 Å². The number of hydrogen-bond acceptors (Lipinski definition) is 4. The van der Waals surface area contributed by atoms with Crippen molar-refractivity contribution in [3.63, 3.8) is 0 Å². The average Bonchev–Trinajstić information content (AvgIpc) is 3.19. The van der Waals surface area contributed by atoms with Crippen molar-refractivity contribution in [1.82, 2.24) is 14.8 Å². The van der Waals surface area contributed by atoms with E-state index in [1.165, 1.54) is 12.1 Å². The third-order valence-corrected chi connectivity index (χ3v) is 6.55. The molecule has 2 saturated heterocycles. The summed E-state index contributed by atoms with van der Waals surface area (Å²) in [5, 5.41) is 3.18. The van der Waals surface area contributed by atoms with Crippen LogP contribution in [0.3, 0.4) is 0 Å². The minimum Gasteiger partial charge on any atom is -0.333 e. The molecular formula is C20H24FN3OS. The summed E-state index contributed by atoms with van der Waals surface area (Å²) in [6, 6.07) is 6.54. The van der Waals surface area contributed by atoms with Crippen molar-refractivity contribution in [3.8, 4) is 0 Å². The number of aromatic nitrogens is 1. The number of rotatable bonds is 4. The third-order valence-electron chi connectivity index (χ3n) is 5.78. The summed E-state index contributed by atoms with van der Waals surface area (Å²) in [5.41, 5.74) is 0.966. The molecule has 1 spiro atoms. The molecule has 2 aromatic rings. The molecule has 2 fully saturated rings. The fraction of sp³-hybridized carbons (Fsp3) is 0.500. The fourth-order valence-corrected chi connectivity index (χ4v) is 5.00. The normalized spacial score (nSPS) is 24.3. The van der Waals surface area contributed by atoms with Gasteiger partial charge in [0.1, 0.15) is 10.8 Å². The third kappa shape index (κ3) is 3.67. The summed E-state index contributed by atoms with van der Waals surface area (Å²) in [6.07, 6.45) is 6.59. The number of halogens is 1. The van der Waals surface area contributed by atoms with Gasteiger partial charge >= 0.3 is 0 Å². The summed E-state index contributed by atoms with van der Waals surface area (Å²) in [6.45, 7) is 3.54. The van der Waals surface area contributed by atoms with Crippen LogP contribution in [-0.2, 0) is 17.9 Å². The second kappa shape index (κ2) is 7.45. The van der Waals surface area contributed by atoms with Crippen LogP contribution in [0.15, 0.2) is 35.8 Å². The Morgan fingerprint density at radius 2 is 1.96 bits per heavy atom. The Labute approximate surface area is 157 Å². The maximum atomic E-state index is 13.2. The van der Waals surface area contributed by atoms with Crippen molar-refractivity contribution >= 4 is 17.2 Å². The van der Waals surface area contributed by atoms with Crippen LogP contribution in [0.1, 0.15) is 42.7 Å².